The van der Waals surface area contributed by atoms with Crippen molar-refractivity contribution in [3.05, 3.63) is 29.8 Å². The molecule has 0 unspecified atom stereocenters. The summed E-state index contributed by atoms with van der Waals surface area (Å²) in [5, 5.41) is 0. The number of rotatable bonds is 6. The van der Waals surface area contributed by atoms with E-state index < -0.39 is 23.6 Å². The SMILES string of the molecule is COc1ccc(C2OCC(COC(C)=O)(COC(C)=O)CO2)cc1. The average molecular weight is 338 g/mol. The molecule has 24 heavy (non-hydrogen) atoms. The molecule has 7 heteroatoms. The monoisotopic (exact) mass is 338 g/mol. The van der Waals surface area contributed by atoms with Crippen LogP contribution in [-0.4, -0.2) is 45.5 Å². The van der Waals surface area contributed by atoms with Crippen LogP contribution < -0.4 is 4.74 Å². The van der Waals surface area contributed by atoms with Crippen LogP contribution in [-0.2, 0) is 28.5 Å². The van der Waals surface area contributed by atoms with Gasteiger partial charge < -0.3 is 23.7 Å². The molecule has 0 aliphatic carbocycles. The van der Waals surface area contributed by atoms with E-state index in [4.69, 9.17) is 23.7 Å². The predicted molar refractivity (Wildman–Crippen MR) is 83.3 cm³/mol. The fraction of sp³-hybridized carbons (Fsp3) is 0.529. The summed E-state index contributed by atoms with van der Waals surface area (Å²) in [5.41, 5.74) is 0.143. The molecule has 2 rings (SSSR count). The van der Waals surface area contributed by atoms with Gasteiger partial charge in [-0.1, -0.05) is 12.1 Å². The number of benzene rings is 1. The van der Waals surface area contributed by atoms with Crippen molar-refractivity contribution >= 4 is 11.9 Å². The Hall–Kier alpha value is -2.12. The van der Waals surface area contributed by atoms with Crippen molar-refractivity contribution in [2.75, 3.05) is 33.5 Å². The Morgan fingerprint density at radius 2 is 1.54 bits per heavy atom. The van der Waals surface area contributed by atoms with E-state index in [1.807, 2.05) is 24.3 Å². The lowest BCUT2D eigenvalue weighted by Crippen LogP contribution is -2.46. The summed E-state index contributed by atoms with van der Waals surface area (Å²) in [6, 6.07) is 7.35. The van der Waals surface area contributed by atoms with Crippen LogP contribution in [0.5, 0.6) is 5.75 Å². The maximum Gasteiger partial charge on any atom is 0.302 e. The van der Waals surface area contributed by atoms with E-state index in [1.165, 1.54) is 13.8 Å². The Labute approximate surface area is 140 Å². The Kier molecular flexibility index (Phi) is 6.16. The lowest BCUT2D eigenvalue weighted by atomic mass is 9.91. The largest absolute Gasteiger partial charge is 0.497 e. The third kappa shape index (κ3) is 4.94. The zero-order valence-electron chi connectivity index (χ0n) is 14.1. The van der Waals surface area contributed by atoms with Crippen LogP contribution >= 0.6 is 0 Å². The van der Waals surface area contributed by atoms with Gasteiger partial charge in [0.25, 0.3) is 0 Å². The maximum absolute atomic E-state index is 11.1. The average Bonchev–Trinajstić information content (AvgIpc) is 2.59. The highest BCUT2D eigenvalue weighted by Crippen LogP contribution is 2.33. The van der Waals surface area contributed by atoms with Crippen molar-refractivity contribution in [1.82, 2.24) is 0 Å². The molecule has 1 aromatic carbocycles. The van der Waals surface area contributed by atoms with Crippen LogP contribution in [0.15, 0.2) is 24.3 Å². The van der Waals surface area contributed by atoms with Gasteiger partial charge in [-0.05, 0) is 12.1 Å². The second-order valence-corrected chi connectivity index (χ2v) is 5.79. The van der Waals surface area contributed by atoms with Gasteiger partial charge in [0.05, 0.1) is 25.7 Å². The van der Waals surface area contributed by atoms with E-state index in [9.17, 15) is 9.59 Å². The third-order valence-electron chi connectivity index (χ3n) is 3.63. The molecule has 1 heterocycles. The van der Waals surface area contributed by atoms with Crippen molar-refractivity contribution in [2.45, 2.75) is 20.1 Å². The van der Waals surface area contributed by atoms with E-state index in [2.05, 4.69) is 0 Å². The van der Waals surface area contributed by atoms with E-state index >= 15 is 0 Å². The quantitative estimate of drug-likeness (QED) is 0.732. The Bertz CT molecular complexity index is 539. The Morgan fingerprint density at radius 1 is 1.04 bits per heavy atom. The van der Waals surface area contributed by atoms with Crippen LogP contribution in [0, 0.1) is 5.41 Å². The molecule has 1 aliphatic rings. The van der Waals surface area contributed by atoms with E-state index in [-0.39, 0.29) is 26.4 Å². The van der Waals surface area contributed by atoms with E-state index in [0.717, 1.165) is 11.3 Å². The van der Waals surface area contributed by atoms with Gasteiger partial charge >= 0.3 is 11.9 Å². The molecule has 1 aliphatic heterocycles. The topological polar surface area (TPSA) is 80.3 Å². The van der Waals surface area contributed by atoms with Crippen molar-refractivity contribution < 1.29 is 33.3 Å². The van der Waals surface area contributed by atoms with E-state index in [0.29, 0.717) is 0 Å². The van der Waals surface area contributed by atoms with Crippen molar-refractivity contribution in [1.29, 1.82) is 0 Å². The number of methoxy groups -OCH3 is 1. The zero-order valence-corrected chi connectivity index (χ0v) is 14.1. The van der Waals surface area contributed by atoms with Gasteiger partial charge in [0.15, 0.2) is 6.29 Å². The summed E-state index contributed by atoms with van der Waals surface area (Å²) >= 11 is 0. The molecular formula is C17H22O7. The van der Waals surface area contributed by atoms with Gasteiger partial charge in [0.2, 0.25) is 0 Å². The number of ether oxygens (including phenoxy) is 5. The highest BCUT2D eigenvalue weighted by Gasteiger charge is 2.40. The van der Waals surface area contributed by atoms with Crippen molar-refractivity contribution in [2.24, 2.45) is 5.41 Å². The predicted octanol–water partition coefficient (Wildman–Crippen LogP) is 1.85. The molecule has 0 atom stereocenters. The fourth-order valence-electron chi connectivity index (χ4n) is 2.27. The molecule has 1 aromatic rings. The number of carbonyl (C=O) groups excluding carboxylic acids is 2. The lowest BCUT2D eigenvalue weighted by Gasteiger charge is -2.38. The summed E-state index contributed by atoms with van der Waals surface area (Å²) < 4.78 is 26.8. The minimum Gasteiger partial charge on any atom is -0.497 e. The van der Waals surface area contributed by atoms with Crippen molar-refractivity contribution in [3.63, 3.8) is 0 Å². The van der Waals surface area contributed by atoms with Gasteiger partial charge in [-0.3, -0.25) is 9.59 Å². The molecule has 0 radical (unpaired) electrons. The number of hydrogen-bond donors (Lipinski definition) is 0. The first kappa shape index (κ1) is 18.2. The Morgan fingerprint density at radius 3 is 1.96 bits per heavy atom. The summed E-state index contributed by atoms with van der Waals surface area (Å²) in [6.07, 6.45) is -0.529. The molecule has 0 N–H and O–H groups in total. The van der Waals surface area contributed by atoms with Crippen LogP contribution in [0.2, 0.25) is 0 Å². The minimum atomic E-state index is -0.708. The zero-order chi connectivity index (χ0) is 17.6. The molecule has 0 aromatic heterocycles. The standard InChI is InChI=1S/C17H22O7/c1-12(18)21-8-17(9-22-13(2)19)10-23-16(24-11-17)14-4-6-15(20-3)7-5-14/h4-7,16H,8-11H2,1-3H3. The molecule has 1 fully saturated rings. The number of esters is 2. The van der Waals surface area contributed by atoms with Crippen LogP contribution in [0.4, 0.5) is 0 Å². The van der Waals surface area contributed by atoms with Gasteiger partial charge in [-0.25, -0.2) is 0 Å². The summed E-state index contributed by atoms with van der Waals surface area (Å²) in [6.45, 7) is 3.25. The molecule has 0 saturated carbocycles. The highest BCUT2D eigenvalue weighted by molar-refractivity contribution is 5.66. The number of carbonyl (C=O) groups is 2. The molecule has 132 valence electrons. The highest BCUT2D eigenvalue weighted by atomic mass is 16.7. The van der Waals surface area contributed by atoms with Gasteiger partial charge in [-0.15, -0.1) is 0 Å². The van der Waals surface area contributed by atoms with Crippen LogP contribution in [0.25, 0.3) is 0 Å². The molecule has 0 bridgehead atoms. The third-order valence-corrected chi connectivity index (χ3v) is 3.63. The summed E-state index contributed by atoms with van der Waals surface area (Å²) in [5.74, 6) is -0.0717. The summed E-state index contributed by atoms with van der Waals surface area (Å²) in [4.78, 5) is 22.2. The van der Waals surface area contributed by atoms with E-state index in [1.54, 1.807) is 7.11 Å². The first-order chi connectivity index (χ1) is 11.4. The van der Waals surface area contributed by atoms with Gasteiger partial charge in [0, 0.05) is 19.4 Å². The molecule has 0 amide bonds. The van der Waals surface area contributed by atoms with Gasteiger partial charge in [-0.2, -0.15) is 0 Å². The smallest absolute Gasteiger partial charge is 0.302 e. The summed E-state index contributed by atoms with van der Waals surface area (Å²) in [7, 11) is 1.60. The molecule has 7 nitrogen and oxygen atoms in total. The maximum atomic E-state index is 11.1. The minimum absolute atomic E-state index is 0.0605. The van der Waals surface area contributed by atoms with Crippen molar-refractivity contribution in [3.8, 4) is 5.75 Å². The molecule has 1 saturated heterocycles. The number of hydrogen-bond acceptors (Lipinski definition) is 7. The van der Waals surface area contributed by atoms with Gasteiger partial charge in [0.1, 0.15) is 19.0 Å². The fourth-order valence-corrected chi connectivity index (χ4v) is 2.27. The molecular weight excluding hydrogens is 316 g/mol. The second-order valence-electron chi connectivity index (χ2n) is 5.79. The second kappa shape index (κ2) is 8.12. The first-order valence-electron chi connectivity index (χ1n) is 7.58. The van der Waals surface area contributed by atoms with Crippen LogP contribution in [0.3, 0.4) is 0 Å². The normalized spacial score (nSPS) is 17.1. The lowest BCUT2D eigenvalue weighted by molar-refractivity contribution is -0.251. The molecule has 0 spiro atoms. The Balaban J connectivity index is 2.00. The van der Waals surface area contributed by atoms with Crippen LogP contribution in [0.1, 0.15) is 25.7 Å². The first-order valence-corrected chi connectivity index (χ1v) is 7.58.